The average Bonchev–Trinajstić information content (AvgIpc) is 2.78. The maximum Gasteiger partial charge on any atom is 0.178 e. The minimum absolute atomic E-state index is 0.0954. The Kier molecular flexibility index (Phi) is 3.25. The maximum atomic E-state index is 11.6. The van der Waals surface area contributed by atoms with Crippen LogP contribution >= 0.6 is 0 Å². The molecule has 1 fully saturated rings. The topological polar surface area (TPSA) is 66.4 Å². The number of nitrogens with one attached hydrogen (secondary N) is 1. The van der Waals surface area contributed by atoms with E-state index in [1.165, 1.54) is 0 Å². The van der Waals surface area contributed by atoms with Crippen LogP contribution in [0.25, 0.3) is 0 Å². The van der Waals surface area contributed by atoms with Gasteiger partial charge in [-0.1, -0.05) is 19.1 Å². The lowest BCUT2D eigenvalue weighted by Gasteiger charge is -2.21. The highest BCUT2D eigenvalue weighted by Gasteiger charge is 2.32. The van der Waals surface area contributed by atoms with Crippen LogP contribution in [-0.2, 0) is 15.4 Å². The normalized spacial score (nSPS) is 25.1. The van der Waals surface area contributed by atoms with Gasteiger partial charge in [0.05, 0.1) is 10.6 Å². The van der Waals surface area contributed by atoms with Gasteiger partial charge in [-0.15, -0.1) is 0 Å². The van der Waals surface area contributed by atoms with E-state index in [4.69, 9.17) is 0 Å². The van der Waals surface area contributed by atoms with Gasteiger partial charge in [-0.25, -0.2) is 8.42 Å². The predicted molar refractivity (Wildman–Crippen MR) is 65.6 cm³/mol. The van der Waals surface area contributed by atoms with E-state index < -0.39 is 15.4 Å². The van der Waals surface area contributed by atoms with Gasteiger partial charge in [0.25, 0.3) is 0 Å². The number of benzene rings is 1. The first-order valence-corrected chi connectivity index (χ1v) is 7.39. The first-order valence-electron chi connectivity index (χ1n) is 5.74. The fraction of sp³-hybridized carbons (Fsp3) is 0.500. The summed E-state index contributed by atoms with van der Waals surface area (Å²) in [5.74, 6) is 0.0954. The SMILES string of the molecule is CCS(=O)(=O)c1ccc(C2(O)CCNC2)cc1. The number of hydrogen-bond donors (Lipinski definition) is 2. The Hall–Kier alpha value is -0.910. The highest BCUT2D eigenvalue weighted by Crippen LogP contribution is 2.28. The lowest BCUT2D eigenvalue weighted by molar-refractivity contribution is 0.0587. The molecular weight excluding hydrogens is 238 g/mol. The summed E-state index contributed by atoms with van der Waals surface area (Å²) < 4.78 is 23.3. The van der Waals surface area contributed by atoms with E-state index in [-0.39, 0.29) is 5.75 Å². The molecule has 2 N–H and O–H groups in total. The van der Waals surface area contributed by atoms with Crippen LogP contribution in [0.4, 0.5) is 0 Å². The van der Waals surface area contributed by atoms with E-state index in [1.54, 1.807) is 31.2 Å². The zero-order valence-corrected chi connectivity index (χ0v) is 10.6. The molecule has 0 spiro atoms. The lowest BCUT2D eigenvalue weighted by atomic mass is 9.93. The Morgan fingerprint density at radius 1 is 1.35 bits per heavy atom. The predicted octanol–water partition coefficient (Wildman–Crippen LogP) is 0.661. The van der Waals surface area contributed by atoms with E-state index in [0.29, 0.717) is 17.9 Å². The molecule has 0 bridgehead atoms. The fourth-order valence-electron chi connectivity index (χ4n) is 2.06. The van der Waals surface area contributed by atoms with Crippen LogP contribution in [0.3, 0.4) is 0 Å². The molecule has 1 unspecified atom stereocenters. The van der Waals surface area contributed by atoms with Gasteiger partial charge >= 0.3 is 0 Å². The third-order valence-corrected chi connectivity index (χ3v) is 5.01. The van der Waals surface area contributed by atoms with Gasteiger partial charge in [0.2, 0.25) is 0 Å². The monoisotopic (exact) mass is 255 g/mol. The van der Waals surface area contributed by atoms with Crippen molar-refractivity contribution in [3.8, 4) is 0 Å². The molecule has 1 saturated heterocycles. The third-order valence-electron chi connectivity index (χ3n) is 3.26. The van der Waals surface area contributed by atoms with Gasteiger partial charge in [0.1, 0.15) is 5.60 Å². The first kappa shape index (κ1) is 12.5. The van der Waals surface area contributed by atoms with E-state index in [0.717, 1.165) is 12.1 Å². The van der Waals surface area contributed by atoms with Crippen molar-refractivity contribution >= 4 is 9.84 Å². The Bertz CT molecular complexity index is 487. The first-order chi connectivity index (χ1) is 7.98. The summed E-state index contributed by atoms with van der Waals surface area (Å²) in [6.07, 6.45) is 0.660. The number of rotatable bonds is 3. The summed E-state index contributed by atoms with van der Waals surface area (Å²) in [7, 11) is -3.16. The van der Waals surface area contributed by atoms with E-state index in [2.05, 4.69) is 5.32 Å². The molecule has 1 aliphatic rings. The van der Waals surface area contributed by atoms with Crippen LogP contribution in [-0.4, -0.2) is 32.4 Å². The molecule has 2 rings (SSSR count). The molecule has 0 radical (unpaired) electrons. The van der Waals surface area contributed by atoms with Crippen molar-refractivity contribution in [2.24, 2.45) is 0 Å². The average molecular weight is 255 g/mol. The number of β-amino-alcohol motifs (C(OH)–C–C–N with tert-alkyl or cyclic N) is 1. The lowest BCUT2D eigenvalue weighted by Crippen LogP contribution is -2.28. The smallest absolute Gasteiger partial charge is 0.178 e. The summed E-state index contributed by atoms with van der Waals surface area (Å²) in [5, 5.41) is 13.4. The molecule has 4 nitrogen and oxygen atoms in total. The van der Waals surface area contributed by atoms with Gasteiger partial charge < -0.3 is 10.4 Å². The van der Waals surface area contributed by atoms with Gasteiger partial charge in [0, 0.05) is 6.54 Å². The second kappa shape index (κ2) is 4.40. The zero-order valence-electron chi connectivity index (χ0n) is 9.81. The summed E-state index contributed by atoms with van der Waals surface area (Å²) in [6, 6.07) is 6.56. The molecule has 1 aromatic rings. The maximum absolute atomic E-state index is 11.6. The van der Waals surface area contributed by atoms with Crippen LogP contribution in [0.2, 0.25) is 0 Å². The van der Waals surface area contributed by atoms with Gasteiger partial charge in [-0.05, 0) is 30.7 Å². The minimum atomic E-state index is -3.16. The number of aliphatic hydroxyl groups is 1. The molecule has 0 amide bonds. The van der Waals surface area contributed by atoms with E-state index in [9.17, 15) is 13.5 Å². The standard InChI is InChI=1S/C12H17NO3S/c1-2-17(15,16)11-5-3-10(4-6-11)12(14)7-8-13-9-12/h3-6,13-14H,2,7-9H2,1H3. The van der Waals surface area contributed by atoms with Crippen LogP contribution in [0.1, 0.15) is 18.9 Å². The van der Waals surface area contributed by atoms with Crippen LogP contribution in [0.5, 0.6) is 0 Å². The molecule has 94 valence electrons. The molecule has 5 heteroatoms. The van der Waals surface area contributed by atoms with Crippen molar-refractivity contribution < 1.29 is 13.5 Å². The highest BCUT2D eigenvalue weighted by molar-refractivity contribution is 7.91. The Morgan fingerprint density at radius 3 is 2.47 bits per heavy atom. The molecule has 0 saturated carbocycles. The van der Waals surface area contributed by atoms with Crippen LogP contribution in [0, 0.1) is 0 Å². The van der Waals surface area contributed by atoms with Crippen molar-refractivity contribution in [3.63, 3.8) is 0 Å². The third kappa shape index (κ3) is 2.36. The summed E-state index contributed by atoms with van der Waals surface area (Å²) in [5.41, 5.74) is -0.0772. The molecule has 1 aromatic carbocycles. The zero-order chi connectivity index (χ0) is 12.5. The molecule has 1 heterocycles. The van der Waals surface area contributed by atoms with Crippen molar-refractivity contribution in [2.45, 2.75) is 23.8 Å². The summed E-state index contributed by atoms with van der Waals surface area (Å²) in [6.45, 7) is 2.93. The molecule has 0 aliphatic carbocycles. The molecule has 0 aromatic heterocycles. The van der Waals surface area contributed by atoms with E-state index >= 15 is 0 Å². The molecular formula is C12H17NO3S. The molecule has 1 atom stereocenters. The van der Waals surface area contributed by atoms with Crippen LogP contribution in [0.15, 0.2) is 29.2 Å². The van der Waals surface area contributed by atoms with Gasteiger partial charge in [0.15, 0.2) is 9.84 Å². The molecule has 1 aliphatic heterocycles. The second-order valence-electron chi connectivity index (χ2n) is 4.39. The van der Waals surface area contributed by atoms with Crippen LogP contribution < -0.4 is 5.32 Å². The van der Waals surface area contributed by atoms with E-state index in [1.807, 2.05) is 0 Å². The largest absolute Gasteiger partial charge is 0.384 e. The fourth-order valence-corrected chi connectivity index (χ4v) is 2.95. The van der Waals surface area contributed by atoms with Gasteiger partial charge in [-0.2, -0.15) is 0 Å². The highest BCUT2D eigenvalue weighted by atomic mass is 32.2. The van der Waals surface area contributed by atoms with Crippen molar-refractivity contribution in [1.29, 1.82) is 0 Å². The van der Waals surface area contributed by atoms with Crippen molar-refractivity contribution in [3.05, 3.63) is 29.8 Å². The Balaban J connectivity index is 2.30. The molecule has 17 heavy (non-hydrogen) atoms. The summed E-state index contributed by atoms with van der Waals surface area (Å²) >= 11 is 0. The Labute approximate surface area is 102 Å². The van der Waals surface area contributed by atoms with Gasteiger partial charge in [-0.3, -0.25) is 0 Å². The quantitative estimate of drug-likeness (QED) is 0.833. The number of hydrogen-bond acceptors (Lipinski definition) is 4. The second-order valence-corrected chi connectivity index (χ2v) is 6.66. The Morgan fingerprint density at radius 2 is 2.00 bits per heavy atom. The van der Waals surface area contributed by atoms with Crippen molar-refractivity contribution in [2.75, 3.05) is 18.8 Å². The van der Waals surface area contributed by atoms with Crippen molar-refractivity contribution in [1.82, 2.24) is 5.32 Å². The number of sulfone groups is 1. The minimum Gasteiger partial charge on any atom is -0.384 e. The summed E-state index contributed by atoms with van der Waals surface area (Å²) in [4.78, 5) is 0.318.